The van der Waals surface area contributed by atoms with Crippen LogP contribution in [0.3, 0.4) is 0 Å². The van der Waals surface area contributed by atoms with Crippen molar-refractivity contribution in [2.45, 2.75) is 51.3 Å². The minimum atomic E-state index is -0.422. The highest BCUT2D eigenvalue weighted by Gasteiger charge is 2.42. The van der Waals surface area contributed by atoms with Crippen LogP contribution in [-0.4, -0.2) is 30.7 Å². The smallest absolute Gasteiger partial charge is 0.163 e. The Hall–Kier alpha value is -0.120. The first kappa shape index (κ1) is 8.48. The van der Waals surface area contributed by atoms with Crippen molar-refractivity contribution in [2.24, 2.45) is 0 Å². The van der Waals surface area contributed by atoms with Crippen LogP contribution < -0.4 is 0 Å². The van der Waals surface area contributed by atoms with Gasteiger partial charge in [-0.1, -0.05) is 0 Å². The molecule has 3 atom stereocenters. The Bertz CT molecular complexity index is 179. The van der Waals surface area contributed by atoms with Gasteiger partial charge in [0.15, 0.2) is 5.79 Å². The topological polar surface area (TPSA) is 27.7 Å². The van der Waals surface area contributed by atoms with Crippen molar-refractivity contribution in [2.75, 3.05) is 6.61 Å². The predicted octanol–water partition coefficient (Wildman–Crippen LogP) is 1.32. The summed E-state index contributed by atoms with van der Waals surface area (Å²) in [6.45, 7) is 6.65. The molecule has 0 bridgehead atoms. The molecular formula is C9H16O3. The molecule has 1 unspecified atom stereocenters. The van der Waals surface area contributed by atoms with Crippen molar-refractivity contribution in [3.63, 3.8) is 0 Å². The Balaban J connectivity index is 2.02. The van der Waals surface area contributed by atoms with E-state index in [2.05, 4.69) is 6.92 Å². The third-order valence-electron chi connectivity index (χ3n) is 2.42. The van der Waals surface area contributed by atoms with E-state index in [1.54, 1.807) is 0 Å². The molecule has 0 amide bonds. The Kier molecular flexibility index (Phi) is 1.90. The minimum Gasteiger partial charge on any atom is -0.370 e. The fraction of sp³-hybridized carbons (Fsp3) is 1.00. The lowest BCUT2D eigenvalue weighted by Crippen LogP contribution is -2.46. The molecule has 0 radical (unpaired) electrons. The first-order chi connectivity index (χ1) is 5.57. The average Bonchev–Trinajstić information content (AvgIpc) is 2.26. The summed E-state index contributed by atoms with van der Waals surface area (Å²) in [5.41, 5.74) is 0. The number of ether oxygens (including phenoxy) is 3. The maximum Gasteiger partial charge on any atom is 0.163 e. The second-order valence-corrected chi connectivity index (χ2v) is 4.09. The van der Waals surface area contributed by atoms with Gasteiger partial charge in [0.05, 0.1) is 18.8 Å². The van der Waals surface area contributed by atoms with Crippen molar-refractivity contribution in [1.29, 1.82) is 0 Å². The number of hydrogen-bond acceptors (Lipinski definition) is 3. The van der Waals surface area contributed by atoms with Gasteiger partial charge in [0.1, 0.15) is 6.10 Å². The average molecular weight is 172 g/mol. The van der Waals surface area contributed by atoms with Crippen molar-refractivity contribution in [1.82, 2.24) is 0 Å². The van der Waals surface area contributed by atoms with Gasteiger partial charge in [-0.05, 0) is 20.8 Å². The molecule has 3 nitrogen and oxygen atoms in total. The normalized spacial score (nSPS) is 45.8. The molecule has 70 valence electrons. The summed E-state index contributed by atoms with van der Waals surface area (Å²) in [7, 11) is 0. The van der Waals surface area contributed by atoms with Gasteiger partial charge >= 0.3 is 0 Å². The van der Waals surface area contributed by atoms with Crippen molar-refractivity contribution < 1.29 is 14.2 Å². The molecule has 12 heavy (non-hydrogen) atoms. The summed E-state index contributed by atoms with van der Waals surface area (Å²) in [5.74, 6) is -0.422. The van der Waals surface area contributed by atoms with E-state index in [1.807, 2.05) is 13.8 Å². The fourth-order valence-corrected chi connectivity index (χ4v) is 1.87. The van der Waals surface area contributed by atoms with Gasteiger partial charge in [-0.3, -0.25) is 0 Å². The molecule has 0 aliphatic carbocycles. The SMILES string of the molecule is CC1C[C@@H]2OC(C)(C)OC[C@H]2O1. The van der Waals surface area contributed by atoms with Crippen LogP contribution in [0.5, 0.6) is 0 Å². The maximum atomic E-state index is 5.72. The second-order valence-electron chi connectivity index (χ2n) is 4.09. The lowest BCUT2D eigenvalue weighted by atomic mass is 10.1. The third kappa shape index (κ3) is 1.49. The quantitative estimate of drug-likeness (QED) is 0.551. The molecular weight excluding hydrogens is 156 g/mol. The van der Waals surface area contributed by atoms with Crippen LogP contribution in [0.4, 0.5) is 0 Å². The van der Waals surface area contributed by atoms with E-state index in [0.29, 0.717) is 12.7 Å². The minimum absolute atomic E-state index is 0.160. The summed E-state index contributed by atoms with van der Waals surface area (Å²) in [4.78, 5) is 0. The molecule has 2 fully saturated rings. The zero-order valence-corrected chi connectivity index (χ0v) is 7.87. The summed E-state index contributed by atoms with van der Waals surface area (Å²) in [6, 6.07) is 0. The molecule has 0 N–H and O–H groups in total. The van der Waals surface area contributed by atoms with Crippen molar-refractivity contribution in [3.8, 4) is 0 Å². The van der Waals surface area contributed by atoms with Gasteiger partial charge in [-0.15, -0.1) is 0 Å². The van der Waals surface area contributed by atoms with E-state index in [-0.39, 0.29) is 12.2 Å². The standard InChI is InChI=1S/C9H16O3/c1-6-4-7-8(11-6)5-10-9(2,3)12-7/h6-8H,4-5H2,1-3H3/t6?,7-,8+/m0/s1. The summed E-state index contributed by atoms with van der Waals surface area (Å²) >= 11 is 0. The Morgan fingerprint density at radius 2 is 2.00 bits per heavy atom. The van der Waals surface area contributed by atoms with E-state index >= 15 is 0 Å². The molecule has 2 heterocycles. The lowest BCUT2D eigenvalue weighted by Gasteiger charge is -2.37. The van der Waals surface area contributed by atoms with Crippen molar-refractivity contribution >= 4 is 0 Å². The molecule has 2 aliphatic heterocycles. The van der Waals surface area contributed by atoms with Gasteiger partial charge < -0.3 is 14.2 Å². The molecule has 0 aromatic rings. The number of rotatable bonds is 0. The monoisotopic (exact) mass is 172 g/mol. The van der Waals surface area contributed by atoms with Gasteiger partial charge in [-0.25, -0.2) is 0 Å². The Morgan fingerprint density at radius 1 is 1.25 bits per heavy atom. The van der Waals surface area contributed by atoms with Crippen LogP contribution >= 0.6 is 0 Å². The Labute approximate surface area is 73.0 Å². The van der Waals surface area contributed by atoms with Crippen molar-refractivity contribution in [3.05, 3.63) is 0 Å². The van der Waals surface area contributed by atoms with Gasteiger partial charge in [0.25, 0.3) is 0 Å². The highest BCUT2D eigenvalue weighted by atomic mass is 16.7. The number of fused-ring (bicyclic) bond motifs is 1. The zero-order chi connectivity index (χ0) is 8.77. The Morgan fingerprint density at radius 3 is 2.75 bits per heavy atom. The van der Waals surface area contributed by atoms with Crippen LogP contribution in [0.25, 0.3) is 0 Å². The molecule has 0 saturated carbocycles. The van der Waals surface area contributed by atoms with E-state index in [0.717, 1.165) is 6.42 Å². The molecule has 0 aromatic carbocycles. The summed E-state index contributed by atoms with van der Waals surface area (Å²) < 4.78 is 16.8. The molecule has 2 saturated heterocycles. The summed E-state index contributed by atoms with van der Waals surface area (Å²) in [5, 5.41) is 0. The largest absolute Gasteiger partial charge is 0.370 e. The zero-order valence-electron chi connectivity index (χ0n) is 7.87. The van der Waals surface area contributed by atoms with E-state index in [1.165, 1.54) is 0 Å². The summed E-state index contributed by atoms with van der Waals surface area (Å²) in [6.07, 6.45) is 1.71. The highest BCUT2D eigenvalue weighted by Crippen LogP contribution is 2.32. The van der Waals surface area contributed by atoms with Crippen LogP contribution in [0, 0.1) is 0 Å². The second kappa shape index (κ2) is 2.69. The van der Waals surface area contributed by atoms with Crippen LogP contribution in [0.15, 0.2) is 0 Å². The molecule has 2 aliphatic rings. The highest BCUT2D eigenvalue weighted by molar-refractivity contribution is 4.85. The van der Waals surface area contributed by atoms with Crippen LogP contribution in [0.1, 0.15) is 27.2 Å². The molecule has 3 heteroatoms. The van der Waals surface area contributed by atoms with E-state index in [9.17, 15) is 0 Å². The predicted molar refractivity (Wildman–Crippen MR) is 43.9 cm³/mol. The fourth-order valence-electron chi connectivity index (χ4n) is 1.87. The van der Waals surface area contributed by atoms with Crippen LogP contribution in [-0.2, 0) is 14.2 Å². The van der Waals surface area contributed by atoms with Gasteiger partial charge in [0.2, 0.25) is 0 Å². The maximum absolute atomic E-state index is 5.72. The first-order valence-corrected chi connectivity index (χ1v) is 4.54. The third-order valence-corrected chi connectivity index (χ3v) is 2.42. The lowest BCUT2D eigenvalue weighted by molar-refractivity contribution is -0.293. The van der Waals surface area contributed by atoms with E-state index < -0.39 is 5.79 Å². The van der Waals surface area contributed by atoms with Gasteiger partial charge in [-0.2, -0.15) is 0 Å². The molecule has 2 rings (SSSR count). The van der Waals surface area contributed by atoms with Gasteiger partial charge in [0, 0.05) is 6.42 Å². The first-order valence-electron chi connectivity index (χ1n) is 4.54. The number of hydrogen-bond donors (Lipinski definition) is 0. The van der Waals surface area contributed by atoms with E-state index in [4.69, 9.17) is 14.2 Å². The van der Waals surface area contributed by atoms with Crippen LogP contribution in [0.2, 0.25) is 0 Å². The molecule has 0 spiro atoms. The molecule has 0 aromatic heterocycles.